The zero-order valence-corrected chi connectivity index (χ0v) is 11.1. The van der Waals surface area contributed by atoms with Gasteiger partial charge in [0, 0.05) is 16.9 Å². The molecule has 3 nitrogen and oxygen atoms in total. The van der Waals surface area contributed by atoms with E-state index in [0.717, 1.165) is 4.47 Å². The first-order valence-electron chi connectivity index (χ1n) is 5.17. The summed E-state index contributed by atoms with van der Waals surface area (Å²) >= 11 is 3.34. The van der Waals surface area contributed by atoms with Crippen LogP contribution in [-0.2, 0) is 0 Å². The second kappa shape index (κ2) is 6.01. The van der Waals surface area contributed by atoms with Gasteiger partial charge in [0.05, 0.1) is 12.7 Å². The summed E-state index contributed by atoms with van der Waals surface area (Å²) in [5.74, 6) is 0.674. The lowest BCUT2D eigenvalue weighted by molar-refractivity contribution is 0.0975. The Labute approximate surface area is 104 Å². The minimum atomic E-state index is 0.0436. The number of ether oxygens (including phenoxy) is 1. The van der Waals surface area contributed by atoms with Crippen LogP contribution in [-0.4, -0.2) is 18.9 Å². The Bertz CT molecular complexity index is 377. The number of ketones is 1. The number of hydrogen-bond donors (Lipinski definition) is 1. The minimum absolute atomic E-state index is 0.0436. The van der Waals surface area contributed by atoms with E-state index < -0.39 is 0 Å². The standard InChI is InChI=1S/C12H16BrNO2/c1-8(14)3-5-11(15)10-7-9(13)4-6-12(10)16-2/h4,6-8H,3,5,14H2,1-2H3. The first kappa shape index (κ1) is 13.2. The van der Waals surface area contributed by atoms with Gasteiger partial charge in [0.15, 0.2) is 5.78 Å². The molecule has 0 saturated heterocycles. The van der Waals surface area contributed by atoms with Crippen molar-refractivity contribution in [1.82, 2.24) is 0 Å². The third-order valence-electron chi connectivity index (χ3n) is 2.29. The van der Waals surface area contributed by atoms with Crippen LogP contribution in [0.4, 0.5) is 0 Å². The summed E-state index contributed by atoms with van der Waals surface area (Å²) in [4.78, 5) is 11.9. The summed E-state index contributed by atoms with van der Waals surface area (Å²) in [6.07, 6.45) is 1.14. The van der Waals surface area contributed by atoms with Crippen molar-refractivity contribution in [3.05, 3.63) is 28.2 Å². The monoisotopic (exact) mass is 285 g/mol. The van der Waals surface area contributed by atoms with E-state index >= 15 is 0 Å². The van der Waals surface area contributed by atoms with Crippen molar-refractivity contribution in [3.63, 3.8) is 0 Å². The molecule has 1 rings (SSSR count). The van der Waals surface area contributed by atoms with Crippen LogP contribution >= 0.6 is 15.9 Å². The zero-order valence-electron chi connectivity index (χ0n) is 9.50. The Hall–Kier alpha value is -0.870. The second-order valence-electron chi connectivity index (χ2n) is 3.78. The second-order valence-corrected chi connectivity index (χ2v) is 4.70. The predicted molar refractivity (Wildman–Crippen MR) is 67.9 cm³/mol. The summed E-state index contributed by atoms with van der Waals surface area (Å²) in [6.45, 7) is 1.89. The van der Waals surface area contributed by atoms with Gasteiger partial charge in [-0.2, -0.15) is 0 Å². The summed E-state index contributed by atoms with van der Waals surface area (Å²) in [5, 5.41) is 0. The fourth-order valence-electron chi connectivity index (χ4n) is 1.39. The Morgan fingerprint density at radius 2 is 2.25 bits per heavy atom. The lowest BCUT2D eigenvalue weighted by Crippen LogP contribution is -2.16. The third kappa shape index (κ3) is 3.61. The predicted octanol–water partition coefficient (Wildman–Crippen LogP) is 2.77. The number of carbonyl (C=O) groups is 1. The summed E-state index contributed by atoms with van der Waals surface area (Å²) in [7, 11) is 1.56. The highest BCUT2D eigenvalue weighted by Crippen LogP contribution is 2.24. The molecular formula is C12H16BrNO2. The molecule has 0 saturated carbocycles. The number of nitrogens with two attached hydrogens (primary N) is 1. The van der Waals surface area contributed by atoms with Crippen molar-refractivity contribution < 1.29 is 9.53 Å². The molecule has 0 aliphatic carbocycles. The van der Waals surface area contributed by atoms with E-state index in [9.17, 15) is 4.79 Å². The number of halogens is 1. The van der Waals surface area contributed by atoms with Gasteiger partial charge in [0.1, 0.15) is 5.75 Å². The Morgan fingerprint density at radius 1 is 1.56 bits per heavy atom. The topological polar surface area (TPSA) is 52.3 Å². The summed E-state index contributed by atoms with van der Waals surface area (Å²) in [6, 6.07) is 5.45. The lowest BCUT2D eigenvalue weighted by atomic mass is 10.0. The minimum Gasteiger partial charge on any atom is -0.496 e. The van der Waals surface area contributed by atoms with Crippen molar-refractivity contribution in [1.29, 1.82) is 0 Å². The van der Waals surface area contributed by atoms with Gasteiger partial charge in [0.2, 0.25) is 0 Å². The van der Waals surface area contributed by atoms with Gasteiger partial charge in [-0.3, -0.25) is 4.79 Å². The first-order valence-corrected chi connectivity index (χ1v) is 5.96. The number of carbonyl (C=O) groups excluding carboxylic acids is 1. The zero-order chi connectivity index (χ0) is 12.1. The molecule has 0 bridgehead atoms. The smallest absolute Gasteiger partial charge is 0.166 e. The molecule has 0 spiro atoms. The van der Waals surface area contributed by atoms with Crippen LogP contribution in [0.15, 0.2) is 22.7 Å². The van der Waals surface area contributed by atoms with Crippen molar-refractivity contribution in [2.24, 2.45) is 5.73 Å². The number of benzene rings is 1. The molecule has 0 amide bonds. The van der Waals surface area contributed by atoms with Gasteiger partial charge < -0.3 is 10.5 Å². The molecule has 2 N–H and O–H groups in total. The van der Waals surface area contributed by atoms with E-state index in [1.807, 2.05) is 13.0 Å². The number of Topliss-reactive ketones (excluding diaryl/α,β-unsaturated/α-hetero) is 1. The Balaban J connectivity index is 2.84. The van der Waals surface area contributed by atoms with Crippen molar-refractivity contribution in [2.75, 3.05) is 7.11 Å². The van der Waals surface area contributed by atoms with Crippen LogP contribution in [0.3, 0.4) is 0 Å². The largest absolute Gasteiger partial charge is 0.496 e. The normalized spacial score (nSPS) is 12.2. The maximum Gasteiger partial charge on any atom is 0.166 e. The lowest BCUT2D eigenvalue weighted by Gasteiger charge is -2.09. The quantitative estimate of drug-likeness (QED) is 0.847. The fraction of sp³-hybridized carbons (Fsp3) is 0.417. The molecule has 1 unspecified atom stereocenters. The van der Waals surface area contributed by atoms with Crippen LogP contribution in [0, 0.1) is 0 Å². The van der Waals surface area contributed by atoms with Gasteiger partial charge in [-0.05, 0) is 31.5 Å². The average Bonchev–Trinajstić information content (AvgIpc) is 2.25. The van der Waals surface area contributed by atoms with Crippen molar-refractivity contribution in [3.8, 4) is 5.75 Å². The highest BCUT2D eigenvalue weighted by Gasteiger charge is 2.13. The molecule has 0 fully saturated rings. The van der Waals surface area contributed by atoms with Gasteiger partial charge >= 0.3 is 0 Å². The Kier molecular flexibility index (Phi) is 4.96. The molecular weight excluding hydrogens is 270 g/mol. The number of hydrogen-bond acceptors (Lipinski definition) is 3. The van der Waals surface area contributed by atoms with Crippen molar-refractivity contribution in [2.45, 2.75) is 25.8 Å². The van der Waals surface area contributed by atoms with Gasteiger partial charge in [-0.1, -0.05) is 15.9 Å². The van der Waals surface area contributed by atoms with E-state index in [0.29, 0.717) is 24.2 Å². The van der Waals surface area contributed by atoms with Crippen LogP contribution in [0.1, 0.15) is 30.1 Å². The molecule has 0 heterocycles. The average molecular weight is 286 g/mol. The third-order valence-corrected chi connectivity index (χ3v) is 2.78. The summed E-state index contributed by atoms with van der Waals surface area (Å²) in [5.41, 5.74) is 6.24. The molecule has 0 aliphatic heterocycles. The molecule has 0 aromatic heterocycles. The number of methoxy groups -OCH3 is 1. The van der Waals surface area contributed by atoms with E-state index in [-0.39, 0.29) is 11.8 Å². The maximum absolute atomic E-state index is 11.9. The van der Waals surface area contributed by atoms with E-state index in [1.165, 1.54) is 0 Å². The van der Waals surface area contributed by atoms with Crippen LogP contribution in [0.2, 0.25) is 0 Å². The first-order chi connectivity index (χ1) is 7.54. The van der Waals surface area contributed by atoms with Gasteiger partial charge in [-0.25, -0.2) is 0 Å². The molecule has 16 heavy (non-hydrogen) atoms. The van der Waals surface area contributed by atoms with Crippen LogP contribution < -0.4 is 10.5 Å². The Morgan fingerprint density at radius 3 is 2.81 bits per heavy atom. The SMILES string of the molecule is COc1ccc(Br)cc1C(=O)CCC(C)N. The van der Waals surface area contributed by atoms with Gasteiger partial charge in [0.25, 0.3) is 0 Å². The molecule has 1 aromatic rings. The molecule has 4 heteroatoms. The van der Waals surface area contributed by atoms with E-state index in [4.69, 9.17) is 10.5 Å². The molecule has 1 atom stereocenters. The molecule has 0 radical (unpaired) electrons. The van der Waals surface area contributed by atoms with Crippen LogP contribution in [0.5, 0.6) is 5.75 Å². The fourth-order valence-corrected chi connectivity index (χ4v) is 1.75. The number of rotatable bonds is 5. The highest BCUT2D eigenvalue weighted by molar-refractivity contribution is 9.10. The van der Waals surface area contributed by atoms with E-state index in [2.05, 4.69) is 15.9 Å². The maximum atomic E-state index is 11.9. The van der Waals surface area contributed by atoms with Crippen molar-refractivity contribution >= 4 is 21.7 Å². The highest BCUT2D eigenvalue weighted by atomic mass is 79.9. The summed E-state index contributed by atoms with van der Waals surface area (Å²) < 4.78 is 6.03. The molecule has 0 aliphatic rings. The van der Waals surface area contributed by atoms with Crippen LogP contribution in [0.25, 0.3) is 0 Å². The molecule has 88 valence electrons. The van der Waals surface area contributed by atoms with E-state index in [1.54, 1.807) is 19.2 Å². The van der Waals surface area contributed by atoms with Gasteiger partial charge in [-0.15, -0.1) is 0 Å². The molecule has 1 aromatic carbocycles.